The molecule has 1 aliphatic heterocycles. The second kappa shape index (κ2) is 16.5. The molecule has 2 amide bonds. The number of Topliss-reactive ketones (excluding diaryl/α,β-unsaturated/α-hetero) is 1. The van der Waals surface area contributed by atoms with E-state index in [4.69, 9.17) is 17.7 Å². The molecule has 0 aromatic heterocycles. The number of urea groups is 1. The van der Waals surface area contributed by atoms with Crippen LogP contribution in [0.1, 0.15) is 92.2 Å². The van der Waals surface area contributed by atoms with Crippen molar-refractivity contribution in [3.8, 4) is 0 Å². The number of ether oxygens (including phenoxy) is 1. The number of carbonyl (C=O) groups is 2. The van der Waals surface area contributed by atoms with Crippen molar-refractivity contribution in [1.82, 2.24) is 10.3 Å². The minimum atomic E-state index is -3.08. The lowest BCUT2D eigenvalue weighted by atomic mass is 9.84. The van der Waals surface area contributed by atoms with E-state index in [1.54, 1.807) is 5.32 Å². The molecule has 3 unspecified atom stereocenters. The van der Waals surface area contributed by atoms with Crippen LogP contribution < -0.4 is 5.32 Å². The van der Waals surface area contributed by atoms with E-state index in [-0.39, 0.29) is 23.9 Å². The van der Waals surface area contributed by atoms with E-state index in [9.17, 15) is 40.0 Å². The number of hydrogen-bond donors (Lipinski definition) is 6. The molecule has 0 aliphatic carbocycles. The zero-order valence-corrected chi connectivity index (χ0v) is 22.5. The van der Waals surface area contributed by atoms with Gasteiger partial charge in [0, 0.05) is 13.6 Å². The maximum absolute atomic E-state index is 12.6. The molecule has 1 rings (SSSR count). The highest BCUT2D eigenvalue weighted by molar-refractivity contribution is 6.18. The van der Waals surface area contributed by atoms with E-state index >= 15 is 0 Å². The lowest BCUT2D eigenvalue weighted by Crippen LogP contribution is -2.79. The number of alkyl halides is 1. The number of nitrogens with one attached hydrogen (secondary N) is 1. The largest absolute Gasteiger partial charge is 0.387 e. The van der Waals surface area contributed by atoms with Crippen LogP contribution in [-0.4, -0.2) is 90.7 Å². The van der Waals surface area contributed by atoms with Crippen LogP contribution in [0.15, 0.2) is 5.29 Å². The zero-order chi connectivity index (χ0) is 28.9. The number of rotatable bonds is 18. The lowest BCUT2D eigenvalue weighted by molar-refractivity contribution is -0.390. The predicted octanol–water partition coefficient (Wildman–Crippen LogP) is 2.07. The SMILES string of the molecule is [2H]C(CCCCCCCCCCCC)C(=O)C(O)[C@H]1OC(C)(O)[C@@](O)(NC(=O)N(CCCl)N=O)[C@@H](O)[C@@H]1O. The summed E-state index contributed by atoms with van der Waals surface area (Å²) >= 11 is 5.47. The number of hydrogen-bond acceptors (Lipinski definition) is 10. The van der Waals surface area contributed by atoms with E-state index in [0.717, 1.165) is 32.6 Å². The van der Waals surface area contributed by atoms with Gasteiger partial charge in [-0.05, 0) is 13.3 Å². The van der Waals surface area contributed by atoms with Crippen molar-refractivity contribution in [2.45, 2.75) is 127 Å². The molecule has 7 atom stereocenters. The Morgan fingerprint density at radius 1 is 1.08 bits per heavy atom. The summed E-state index contributed by atoms with van der Waals surface area (Å²) in [5.74, 6) is -4.03. The van der Waals surface area contributed by atoms with Crippen LogP contribution in [0.2, 0.25) is 0 Å². The molecule has 0 aromatic carbocycles. The number of halogens is 1. The van der Waals surface area contributed by atoms with Crippen LogP contribution in [-0.2, 0) is 9.53 Å². The molecule has 12 nitrogen and oxygen atoms in total. The first kappa shape index (κ1) is 31.8. The van der Waals surface area contributed by atoms with Crippen LogP contribution in [0.25, 0.3) is 0 Å². The number of aliphatic hydroxyl groups excluding tert-OH is 3. The Kier molecular flexibility index (Phi) is 14.2. The Hall–Kier alpha value is -1.41. The molecule has 216 valence electrons. The van der Waals surface area contributed by atoms with Crippen LogP contribution >= 0.6 is 11.6 Å². The number of nitrogens with zero attached hydrogens (tertiary/aromatic N) is 2. The molecular weight excluding hydrogens is 510 g/mol. The highest BCUT2D eigenvalue weighted by atomic mass is 35.5. The van der Waals surface area contributed by atoms with Gasteiger partial charge in [-0.2, -0.15) is 5.01 Å². The normalized spacial score (nSPS) is 29.7. The third kappa shape index (κ3) is 9.68. The van der Waals surface area contributed by atoms with Crippen molar-refractivity contribution in [3.63, 3.8) is 0 Å². The van der Waals surface area contributed by atoms with E-state index in [1.165, 1.54) is 32.1 Å². The predicted molar refractivity (Wildman–Crippen MR) is 136 cm³/mol. The van der Waals surface area contributed by atoms with Crippen molar-refractivity contribution in [2.75, 3.05) is 12.4 Å². The molecule has 0 aromatic rings. The monoisotopic (exact) mass is 554 g/mol. The Balaban J connectivity index is 2.65. The summed E-state index contributed by atoms with van der Waals surface area (Å²) in [6.07, 6.45) is 1.03. The van der Waals surface area contributed by atoms with Crippen LogP contribution in [0.4, 0.5) is 4.79 Å². The average molecular weight is 555 g/mol. The Labute approximate surface area is 224 Å². The summed E-state index contributed by atoms with van der Waals surface area (Å²) in [7, 11) is 0. The molecular formula is C24H44ClN3O9. The van der Waals surface area contributed by atoms with Gasteiger partial charge in [0.05, 0.1) is 11.8 Å². The van der Waals surface area contributed by atoms with E-state index in [1.807, 2.05) is 0 Å². The highest BCUT2D eigenvalue weighted by Crippen LogP contribution is 2.36. The highest BCUT2D eigenvalue weighted by Gasteiger charge is 2.64. The second-order valence-electron chi connectivity index (χ2n) is 9.61. The first-order valence-corrected chi connectivity index (χ1v) is 13.5. The van der Waals surface area contributed by atoms with Crippen molar-refractivity contribution in [2.24, 2.45) is 5.29 Å². The topological polar surface area (TPSA) is 189 Å². The number of unbranched alkanes of at least 4 members (excludes halogenated alkanes) is 9. The Bertz CT molecular complexity index is 751. The quantitative estimate of drug-likeness (QED) is 0.0484. The third-order valence-electron chi connectivity index (χ3n) is 6.59. The molecule has 1 fully saturated rings. The fourth-order valence-corrected chi connectivity index (χ4v) is 4.37. The van der Waals surface area contributed by atoms with Crippen molar-refractivity contribution >= 4 is 23.4 Å². The molecule has 1 heterocycles. The minimum Gasteiger partial charge on any atom is -0.387 e. The Morgan fingerprint density at radius 2 is 1.59 bits per heavy atom. The maximum Gasteiger partial charge on any atom is 0.342 e. The van der Waals surface area contributed by atoms with E-state index in [2.05, 4.69) is 12.2 Å². The van der Waals surface area contributed by atoms with Gasteiger partial charge in [-0.1, -0.05) is 71.1 Å². The molecule has 6 N–H and O–H groups in total. The zero-order valence-electron chi connectivity index (χ0n) is 22.7. The van der Waals surface area contributed by atoms with Crippen molar-refractivity contribution in [3.05, 3.63) is 4.91 Å². The summed E-state index contributed by atoms with van der Waals surface area (Å²) in [6, 6.07) is -1.36. The van der Waals surface area contributed by atoms with Gasteiger partial charge in [0.25, 0.3) is 0 Å². The summed E-state index contributed by atoms with van der Waals surface area (Å²) in [4.78, 5) is 35.7. The van der Waals surface area contributed by atoms with E-state index < -0.39 is 54.1 Å². The van der Waals surface area contributed by atoms with Gasteiger partial charge in [-0.15, -0.1) is 16.5 Å². The summed E-state index contributed by atoms with van der Waals surface area (Å²) in [5, 5.41) is 57.5. The standard InChI is InChI=1S/C24H44ClN3O9/c1-3-4-5-6-7-8-9-10-11-12-13-14-17(29)18(30)20-19(31)21(32)24(35,23(2,34)37-20)26-22(33)28(27-36)16-15-25/h18-21,30-32,34-35H,3-16H2,1-2H3,(H,26,33)/t18?,19-,20-,21+,23?,24-/m1/s1/i14D/t14?,18?,19-,20-,21+,23?,24-. The Morgan fingerprint density at radius 3 is 2.08 bits per heavy atom. The molecule has 1 saturated heterocycles. The third-order valence-corrected chi connectivity index (χ3v) is 6.76. The summed E-state index contributed by atoms with van der Waals surface area (Å²) < 4.78 is 13.3. The van der Waals surface area contributed by atoms with Gasteiger partial charge in [0.2, 0.25) is 11.5 Å². The fraction of sp³-hybridized carbons (Fsp3) is 0.917. The number of amides is 2. The van der Waals surface area contributed by atoms with Crippen LogP contribution in [0.5, 0.6) is 0 Å². The van der Waals surface area contributed by atoms with Gasteiger partial charge in [0.15, 0.2) is 5.78 Å². The first-order valence-electron chi connectivity index (χ1n) is 13.6. The van der Waals surface area contributed by atoms with Gasteiger partial charge in [-0.25, -0.2) is 4.79 Å². The van der Waals surface area contributed by atoms with Crippen LogP contribution in [0, 0.1) is 4.91 Å². The average Bonchev–Trinajstić information content (AvgIpc) is 2.88. The lowest BCUT2D eigenvalue weighted by Gasteiger charge is -2.52. The maximum atomic E-state index is 12.6. The molecule has 37 heavy (non-hydrogen) atoms. The molecule has 0 bridgehead atoms. The van der Waals surface area contributed by atoms with Gasteiger partial charge in [-0.3, -0.25) is 4.79 Å². The molecule has 0 spiro atoms. The second-order valence-corrected chi connectivity index (χ2v) is 9.99. The van der Waals surface area contributed by atoms with Gasteiger partial charge >= 0.3 is 6.03 Å². The first-order chi connectivity index (χ1) is 17.9. The smallest absolute Gasteiger partial charge is 0.342 e. The molecule has 0 radical (unpaired) electrons. The molecule has 1 aliphatic rings. The molecule has 13 heteroatoms. The number of carbonyl (C=O) groups excluding carboxylic acids is 2. The fourth-order valence-electron chi connectivity index (χ4n) is 4.21. The van der Waals surface area contributed by atoms with Crippen molar-refractivity contribution < 1.29 is 41.2 Å². The number of ketones is 1. The molecule has 0 saturated carbocycles. The van der Waals surface area contributed by atoms with Crippen molar-refractivity contribution in [1.29, 1.82) is 0 Å². The number of nitroso groups, excluding NO2 is 1. The number of aliphatic hydroxyl groups is 5. The summed E-state index contributed by atoms with van der Waals surface area (Å²) in [6.45, 7) is 2.62. The summed E-state index contributed by atoms with van der Waals surface area (Å²) in [5.41, 5.74) is -3.08. The van der Waals surface area contributed by atoms with Gasteiger partial charge < -0.3 is 35.6 Å². The van der Waals surface area contributed by atoms with Crippen LogP contribution in [0.3, 0.4) is 0 Å². The van der Waals surface area contributed by atoms with Gasteiger partial charge in [0.1, 0.15) is 24.4 Å². The minimum absolute atomic E-state index is 0.170. The van der Waals surface area contributed by atoms with E-state index in [0.29, 0.717) is 6.42 Å².